The number of rotatable bonds is 5. The molecule has 0 radical (unpaired) electrons. The summed E-state index contributed by atoms with van der Waals surface area (Å²) in [7, 11) is -1.19. The van der Waals surface area contributed by atoms with Crippen LogP contribution in [0, 0.1) is 0 Å². The molecule has 0 rings (SSSR count). The van der Waals surface area contributed by atoms with Gasteiger partial charge in [-0.3, -0.25) is 0 Å². The van der Waals surface area contributed by atoms with Crippen molar-refractivity contribution in [1.29, 1.82) is 0 Å². The van der Waals surface area contributed by atoms with Crippen LogP contribution in [-0.2, 0) is 15.7 Å². The van der Waals surface area contributed by atoms with Gasteiger partial charge in [0.2, 0.25) is 0 Å². The van der Waals surface area contributed by atoms with Crippen LogP contribution in [0.3, 0.4) is 0 Å². The van der Waals surface area contributed by atoms with E-state index in [0.717, 1.165) is 0 Å². The number of ether oxygens (including phenoxy) is 1. The Labute approximate surface area is 87.1 Å². The second-order valence-electron chi connectivity index (χ2n) is 3.41. The van der Waals surface area contributed by atoms with Gasteiger partial charge in [-0.05, 0) is 20.8 Å². The van der Waals surface area contributed by atoms with Crippen LogP contribution in [0.25, 0.3) is 0 Å². The van der Waals surface area contributed by atoms with E-state index >= 15 is 0 Å². The normalized spacial score (nSPS) is 15.1. The maximum absolute atomic E-state index is 11.3. The smallest absolute Gasteiger partial charge is 0.144 e. The maximum Gasteiger partial charge on any atom is 0.144 e. The summed E-state index contributed by atoms with van der Waals surface area (Å²) in [5, 5.41) is 0. The third kappa shape index (κ3) is 7.16. The number of nitrogens with zero attached hydrogens (tertiary/aromatic N) is 1. The zero-order valence-electron chi connectivity index (χ0n) is 8.25. The highest BCUT2D eigenvalue weighted by atomic mass is 35.5. The molecule has 0 aromatic carbocycles. The monoisotopic (exact) mass is 225 g/mol. The van der Waals surface area contributed by atoms with E-state index in [4.69, 9.17) is 16.3 Å². The Hall–Kier alpha value is 0.0700. The number of hydrogen-bond acceptors (Lipinski definition) is 2. The van der Waals surface area contributed by atoms with Crippen LogP contribution < -0.4 is 0 Å². The Morgan fingerprint density at radius 2 is 2.15 bits per heavy atom. The van der Waals surface area contributed by atoms with Crippen LogP contribution in [0.5, 0.6) is 0 Å². The van der Waals surface area contributed by atoms with Gasteiger partial charge in [0.1, 0.15) is 11.0 Å². The van der Waals surface area contributed by atoms with Crippen LogP contribution in [0.4, 0.5) is 0 Å². The Morgan fingerprint density at radius 1 is 1.54 bits per heavy atom. The topological polar surface area (TPSA) is 38.7 Å². The van der Waals surface area contributed by atoms with Crippen LogP contribution in [0.1, 0.15) is 20.8 Å². The van der Waals surface area contributed by atoms with E-state index in [9.17, 15) is 4.21 Å². The van der Waals surface area contributed by atoms with Gasteiger partial charge in [-0.2, -0.15) is 4.40 Å². The van der Waals surface area contributed by atoms with E-state index in [1.165, 1.54) is 6.21 Å². The molecule has 0 aromatic heterocycles. The molecule has 5 heteroatoms. The molecule has 0 spiro atoms. The zero-order chi connectivity index (χ0) is 10.3. The minimum Gasteiger partial charge on any atom is -0.375 e. The first-order chi connectivity index (χ1) is 5.98. The SMILES string of the molecule is CC(C)(C)[S@@](=O)/N=C/COCCCl. The van der Waals surface area contributed by atoms with Crippen molar-refractivity contribution in [3.05, 3.63) is 0 Å². The molecule has 0 heterocycles. The van der Waals surface area contributed by atoms with Crippen molar-refractivity contribution in [2.75, 3.05) is 19.1 Å². The molecule has 0 fully saturated rings. The summed E-state index contributed by atoms with van der Waals surface area (Å²) in [6, 6.07) is 0. The highest BCUT2D eigenvalue weighted by molar-refractivity contribution is 7.85. The van der Waals surface area contributed by atoms with Crippen molar-refractivity contribution < 1.29 is 8.95 Å². The quantitative estimate of drug-likeness (QED) is 0.407. The van der Waals surface area contributed by atoms with Crippen molar-refractivity contribution in [1.82, 2.24) is 0 Å². The van der Waals surface area contributed by atoms with Crippen LogP contribution in [0.2, 0.25) is 0 Å². The molecule has 3 nitrogen and oxygen atoms in total. The van der Waals surface area contributed by atoms with E-state index in [-0.39, 0.29) is 4.75 Å². The highest BCUT2D eigenvalue weighted by Crippen LogP contribution is 2.11. The largest absolute Gasteiger partial charge is 0.375 e. The minimum absolute atomic E-state index is 0.303. The fourth-order valence-corrected chi connectivity index (χ4v) is 1.07. The van der Waals surface area contributed by atoms with E-state index < -0.39 is 11.0 Å². The van der Waals surface area contributed by atoms with Gasteiger partial charge >= 0.3 is 0 Å². The molecule has 0 aliphatic carbocycles. The lowest BCUT2D eigenvalue weighted by molar-refractivity contribution is 0.192. The number of halogens is 1. The highest BCUT2D eigenvalue weighted by Gasteiger charge is 2.17. The van der Waals surface area contributed by atoms with Gasteiger partial charge in [0.25, 0.3) is 0 Å². The molecule has 13 heavy (non-hydrogen) atoms. The third-order valence-corrected chi connectivity index (χ3v) is 2.65. The van der Waals surface area contributed by atoms with E-state index in [1.807, 2.05) is 20.8 Å². The van der Waals surface area contributed by atoms with Crippen molar-refractivity contribution in [2.24, 2.45) is 4.40 Å². The van der Waals surface area contributed by atoms with E-state index in [0.29, 0.717) is 19.1 Å². The molecule has 0 saturated carbocycles. The number of alkyl halides is 1. The van der Waals surface area contributed by atoms with Crippen LogP contribution in [0.15, 0.2) is 4.40 Å². The molecule has 0 saturated heterocycles. The Morgan fingerprint density at radius 3 is 2.62 bits per heavy atom. The van der Waals surface area contributed by atoms with Gasteiger partial charge in [0.15, 0.2) is 0 Å². The molecule has 78 valence electrons. The first kappa shape index (κ1) is 13.1. The summed E-state index contributed by atoms with van der Waals surface area (Å²) in [6.45, 7) is 6.49. The molecular formula is C8H16ClNO2S. The predicted molar refractivity (Wildman–Crippen MR) is 57.9 cm³/mol. The third-order valence-electron chi connectivity index (χ3n) is 1.11. The fraction of sp³-hybridized carbons (Fsp3) is 0.875. The second-order valence-corrected chi connectivity index (χ2v) is 5.73. The van der Waals surface area contributed by atoms with Crippen molar-refractivity contribution >= 4 is 28.8 Å². The van der Waals surface area contributed by atoms with Crippen molar-refractivity contribution in [2.45, 2.75) is 25.5 Å². The first-order valence-electron chi connectivity index (χ1n) is 4.06. The average molecular weight is 226 g/mol. The second kappa shape index (κ2) is 6.51. The van der Waals surface area contributed by atoms with Gasteiger partial charge < -0.3 is 4.74 Å². The molecule has 0 bridgehead atoms. The van der Waals surface area contributed by atoms with Gasteiger partial charge in [-0.1, -0.05) is 0 Å². The van der Waals surface area contributed by atoms with Gasteiger partial charge in [-0.25, -0.2) is 4.21 Å². The molecule has 0 N–H and O–H groups in total. The maximum atomic E-state index is 11.3. The van der Waals surface area contributed by atoms with Crippen LogP contribution in [-0.4, -0.2) is 34.3 Å². The Kier molecular flexibility index (Phi) is 6.55. The molecular weight excluding hydrogens is 210 g/mol. The van der Waals surface area contributed by atoms with Gasteiger partial charge in [0, 0.05) is 12.1 Å². The molecule has 0 aliphatic rings. The predicted octanol–water partition coefficient (Wildman–Crippen LogP) is 1.77. The lowest BCUT2D eigenvalue weighted by atomic mass is 10.3. The molecule has 0 amide bonds. The summed E-state index contributed by atoms with van der Waals surface area (Å²) in [5.74, 6) is 0.468. The Bertz CT molecular complexity index is 189. The minimum atomic E-state index is -1.19. The summed E-state index contributed by atoms with van der Waals surface area (Å²) in [6.07, 6.45) is 1.52. The standard InChI is InChI=1S/C8H16ClNO2S/c1-8(2,3)13(11)10-5-7-12-6-4-9/h5H,4,6-7H2,1-3H3/b10-5+/t13-/m1/s1. The number of hydrogen-bond donors (Lipinski definition) is 0. The molecule has 0 unspecified atom stereocenters. The molecule has 0 aromatic rings. The molecule has 0 aliphatic heterocycles. The summed E-state index contributed by atoms with van der Waals surface area (Å²) in [4.78, 5) is 0. The summed E-state index contributed by atoms with van der Waals surface area (Å²) < 4.78 is 19.9. The van der Waals surface area contributed by atoms with E-state index in [2.05, 4.69) is 4.40 Å². The van der Waals surface area contributed by atoms with Crippen LogP contribution >= 0.6 is 11.6 Å². The first-order valence-corrected chi connectivity index (χ1v) is 5.71. The Balaban J connectivity index is 3.67. The lowest BCUT2D eigenvalue weighted by Gasteiger charge is -2.12. The lowest BCUT2D eigenvalue weighted by Crippen LogP contribution is -2.19. The van der Waals surface area contributed by atoms with Crippen molar-refractivity contribution in [3.8, 4) is 0 Å². The summed E-state index contributed by atoms with van der Waals surface area (Å²) >= 11 is 5.39. The van der Waals surface area contributed by atoms with E-state index in [1.54, 1.807) is 0 Å². The van der Waals surface area contributed by atoms with Crippen molar-refractivity contribution in [3.63, 3.8) is 0 Å². The summed E-state index contributed by atoms with van der Waals surface area (Å²) in [5.41, 5.74) is 0. The fourth-order valence-electron chi connectivity index (χ4n) is 0.447. The van der Waals surface area contributed by atoms with Gasteiger partial charge in [-0.15, -0.1) is 11.6 Å². The van der Waals surface area contributed by atoms with Gasteiger partial charge in [0.05, 0.1) is 18.0 Å². The molecule has 1 atom stereocenters. The average Bonchev–Trinajstić information content (AvgIpc) is 2.02. The zero-order valence-corrected chi connectivity index (χ0v) is 9.82.